The minimum Gasteiger partial charge on any atom is -0.348 e. The first-order valence-electron chi connectivity index (χ1n) is 7.05. The summed E-state index contributed by atoms with van der Waals surface area (Å²) in [5, 5.41) is 11.2. The standard InChI is InChI=1S/C15H17N3O/c19-15(16-13-8-9-5-6-10(13)7-9)14-11-3-1-2-4-12(11)17-18-14/h1-4,9-10,13H,5-8H2,(H,16,19)(H,17,18). The number of nitrogens with one attached hydrogen (secondary N) is 2. The number of carbonyl (C=O) groups is 1. The van der Waals surface area contributed by atoms with Gasteiger partial charge in [0, 0.05) is 11.4 Å². The molecule has 1 aromatic carbocycles. The fraction of sp³-hybridized carbons (Fsp3) is 0.467. The van der Waals surface area contributed by atoms with E-state index < -0.39 is 0 Å². The van der Waals surface area contributed by atoms with Gasteiger partial charge in [0.2, 0.25) is 0 Å². The van der Waals surface area contributed by atoms with E-state index in [9.17, 15) is 4.79 Å². The maximum Gasteiger partial charge on any atom is 0.272 e. The summed E-state index contributed by atoms with van der Waals surface area (Å²) in [6, 6.07) is 8.12. The van der Waals surface area contributed by atoms with Crippen molar-refractivity contribution in [1.82, 2.24) is 15.5 Å². The van der Waals surface area contributed by atoms with Gasteiger partial charge in [-0.05, 0) is 37.2 Å². The van der Waals surface area contributed by atoms with Crippen LogP contribution in [0.4, 0.5) is 0 Å². The van der Waals surface area contributed by atoms with Gasteiger partial charge in [-0.15, -0.1) is 0 Å². The molecule has 2 saturated carbocycles. The summed E-state index contributed by atoms with van der Waals surface area (Å²) in [6.45, 7) is 0. The van der Waals surface area contributed by atoms with Crippen LogP contribution >= 0.6 is 0 Å². The molecule has 0 saturated heterocycles. The predicted molar refractivity (Wildman–Crippen MR) is 72.8 cm³/mol. The normalized spacial score (nSPS) is 28.9. The summed E-state index contributed by atoms with van der Waals surface area (Å²) < 4.78 is 0. The number of nitrogens with zero attached hydrogens (tertiary/aromatic N) is 1. The molecule has 3 atom stereocenters. The SMILES string of the molecule is O=C(NC1CC2CCC1C2)c1n[nH]c2ccccc12. The Bertz CT molecular complexity index is 633. The number of fused-ring (bicyclic) bond motifs is 3. The highest BCUT2D eigenvalue weighted by molar-refractivity contribution is 6.04. The Hall–Kier alpha value is -1.84. The van der Waals surface area contributed by atoms with Crippen LogP contribution in [-0.2, 0) is 0 Å². The molecule has 1 amide bonds. The second kappa shape index (κ2) is 4.08. The number of aromatic nitrogens is 2. The number of hydrogen-bond acceptors (Lipinski definition) is 2. The molecule has 2 aliphatic rings. The first-order chi connectivity index (χ1) is 9.31. The molecular weight excluding hydrogens is 238 g/mol. The molecule has 4 nitrogen and oxygen atoms in total. The van der Waals surface area contributed by atoms with Gasteiger partial charge in [-0.1, -0.05) is 24.6 Å². The number of hydrogen-bond donors (Lipinski definition) is 2. The molecule has 1 aromatic heterocycles. The zero-order chi connectivity index (χ0) is 12.8. The molecular formula is C15H17N3O. The van der Waals surface area contributed by atoms with E-state index >= 15 is 0 Å². The lowest BCUT2D eigenvalue weighted by Crippen LogP contribution is -2.38. The predicted octanol–water partition coefficient (Wildman–Crippen LogP) is 2.48. The first-order valence-corrected chi connectivity index (χ1v) is 7.05. The van der Waals surface area contributed by atoms with E-state index in [1.54, 1.807) is 0 Å². The zero-order valence-electron chi connectivity index (χ0n) is 10.7. The van der Waals surface area contributed by atoms with E-state index in [2.05, 4.69) is 15.5 Å². The Balaban J connectivity index is 1.57. The van der Waals surface area contributed by atoms with Gasteiger partial charge in [0.1, 0.15) is 0 Å². The van der Waals surface area contributed by atoms with Gasteiger partial charge < -0.3 is 5.32 Å². The summed E-state index contributed by atoms with van der Waals surface area (Å²) in [7, 11) is 0. The number of para-hydroxylation sites is 1. The highest BCUT2D eigenvalue weighted by atomic mass is 16.2. The molecule has 98 valence electrons. The number of rotatable bonds is 2. The Kier molecular flexibility index (Phi) is 2.37. The van der Waals surface area contributed by atoms with Crippen molar-refractivity contribution in [3.05, 3.63) is 30.0 Å². The fourth-order valence-electron chi connectivity index (χ4n) is 3.79. The summed E-state index contributed by atoms with van der Waals surface area (Å²) >= 11 is 0. The topological polar surface area (TPSA) is 57.8 Å². The van der Waals surface area contributed by atoms with Gasteiger partial charge in [0.05, 0.1) is 5.52 Å². The lowest BCUT2D eigenvalue weighted by molar-refractivity contribution is 0.0919. The van der Waals surface area contributed by atoms with E-state index in [1.165, 1.54) is 19.3 Å². The van der Waals surface area contributed by atoms with Crippen LogP contribution in [0.3, 0.4) is 0 Å². The second-order valence-electron chi connectivity index (χ2n) is 5.87. The molecule has 4 rings (SSSR count). The molecule has 19 heavy (non-hydrogen) atoms. The second-order valence-corrected chi connectivity index (χ2v) is 5.87. The quantitative estimate of drug-likeness (QED) is 0.866. The van der Waals surface area contributed by atoms with Crippen molar-refractivity contribution in [2.75, 3.05) is 0 Å². The van der Waals surface area contributed by atoms with E-state index in [0.29, 0.717) is 17.7 Å². The van der Waals surface area contributed by atoms with E-state index in [-0.39, 0.29) is 5.91 Å². The average Bonchev–Trinajstić information content (AvgIpc) is 3.13. The van der Waals surface area contributed by atoms with Crippen molar-refractivity contribution in [1.29, 1.82) is 0 Å². The highest BCUT2D eigenvalue weighted by Crippen LogP contribution is 2.44. The average molecular weight is 255 g/mol. The van der Waals surface area contributed by atoms with Crippen LogP contribution in [0.2, 0.25) is 0 Å². The summed E-state index contributed by atoms with van der Waals surface area (Å²) in [6.07, 6.45) is 5.07. The number of aromatic amines is 1. The van der Waals surface area contributed by atoms with Crippen LogP contribution < -0.4 is 5.32 Å². The maximum atomic E-state index is 12.4. The molecule has 2 aliphatic carbocycles. The van der Waals surface area contributed by atoms with Crippen molar-refractivity contribution in [3.8, 4) is 0 Å². The first kappa shape index (κ1) is 11.0. The third-order valence-electron chi connectivity index (χ3n) is 4.74. The van der Waals surface area contributed by atoms with Crippen LogP contribution in [0.1, 0.15) is 36.2 Å². The van der Waals surface area contributed by atoms with Crippen molar-refractivity contribution in [3.63, 3.8) is 0 Å². The smallest absolute Gasteiger partial charge is 0.272 e. The Morgan fingerprint density at radius 3 is 2.95 bits per heavy atom. The van der Waals surface area contributed by atoms with Crippen LogP contribution in [-0.4, -0.2) is 22.1 Å². The third-order valence-corrected chi connectivity index (χ3v) is 4.74. The number of H-pyrrole nitrogens is 1. The highest BCUT2D eigenvalue weighted by Gasteiger charge is 2.40. The fourth-order valence-corrected chi connectivity index (χ4v) is 3.79. The van der Waals surface area contributed by atoms with Crippen LogP contribution in [0.5, 0.6) is 0 Å². The third kappa shape index (κ3) is 1.74. The molecule has 1 heterocycles. The van der Waals surface area contributed by atoms with Gasteiger partial charge in [-0.25, -0.2) is 0 Å². The minimum atomic E-state index is -0.0324. The molecule has 2 aromatic rings. The van der Waals surface area contributed by atoms with Crippen molar-refractivity contribution in [2.45, 2.75) is 31.7 Å². The molecule has 4 heteroatoms. The van der Waals surface area contributed by atoms with E-state index in [0.717, 1.165) is 23.2 Å². The largest absolute Gasteiger partial charge is 0.348 e. The van der Waals surface area contributed by atoms with Gasteiger partial charge in [0.25, 0.3) is 5.91 Å². The van der Waals surface area contributed by atoms with Gasteiger partial charge in [-0.3, -0.25) is 9.89 Å². The van der Waals surface area contributed by atoms with Crippen molar-refractivity contribution in [2.24, 2.45) is 11.8 Å². The Labute approximate surface area is 111 Å². The zero-order valence-corrected chi connectivity index (χ0v) is 10.7. The molecule has 3 unspecified atom stereocenters. The van der Waals surface area contributed by atoms with Gasteiger partial charge >= 0.3 is 0 Å². The maximum absolute atomic E-state index is 12.4. The molecule has 0 spiro atoms. The van der Waals surface area contributed by atoms with Crippen molar-refractivity contribution >= 4 is 16.8 Å². The minimum absolute atomic E-state index is 0.0324. The summed E-state index contributed by atoms with van der Waals surface area (Å²) in [5.74, 6) is 1.50. The van der Waals surface area contributed by atoms with Crippen LogP contribution in [0.25, 0.3) is 10.9 Å². The summed E-state index contributed by atoms with van der Waals surface area (Å²) in [5.41, 5.74) is 1.44. The number of amides is 1. The Morgan fingerprint density at radius 1 is 1.26 bits per heavy atom. The number of benzene rings is 1. The lowest BCUT2D eigenvalue weighted by atomic mass is 9.95. The van der Waals surface area contributed by atoms with E-state index in [1.807, 2.05) is 24.3 Å². The molecule has 2 bridgehead atoms. The lowest BCUT2D eigenvalue weighted by Gasteiger charge is -2.22. The van der Waals surface area contributed by atoms with Crippen LogP contribution in [0, 0.1) is 11.8 Å². The molecule has 2 N–H and O–H groups in total. The molecule has 0 radical (unpaired) electrons. The molecule has 2 fully saturated rings. The van der Waals surface area contributed by atoms with E-state index in [4.69, 9.17) is 0 Å². The number of carbonyl (C=O) groups excluding carboxylic acids is 1. The van der Waals surface area contributed by atoms with Gasteiger partial charge in [0.15, 0.2) is 5.69 Å². The Morgan fingerprint density at radius 2 is 2.16 bits per heavy atom. The van der Waals surface area contributed by atoms with Crippen LogP contribution in [0.15, 0.2) is 24.3 Å². The summed E-state index contributed by atoms with van der Waals surface area (Å²) in [4.78, 5) is 12.4. The van der Waals surface area contributed by atoms with Crippen molar-refractivity contribution < 1.29 is 4.79 Å². The molecule has 0 aliphatic heterocycles. The van der Waals surface area contributed by atoms with Gasteiger partial charge in [-0.2, -0.15) is 5.10 Å². The monoisotopic (exact) mass is 255 g/mol.